The molecule has 0 aliphatic heterocycles. The first-order chi connectivity index (χ1) is 11.2. The Bertz CT molecular complexity index is 570. The molecular weight excluding hydrogens is 328 g/mol. The Hall–Kier alpha value is -1.30. The van der Waals surface area contributed by atoms with Gasteiger partial charge in [-0.2, -0.15) is 0 Å². The molecule has 0 saturated heterocycles. The molecule has 0 spiro atoms. The highest BCUT2D eigenvalue weighted by molar-refractivity contribution is 8.03. The summed E-state index contributed by atoms with van der Waals surface area (Å²) in [6.45, 7) is 2.73. The maximum absolute atomic E-state index is 5.86. The minimum Gasteiger partial charge on any atom is -0.497 e. The van der Waals surface area contributed by atoms with Crippen molar-refractivity contribution < 1.29 is 14.2 Å². The third kappa shape index (κ3) is 6.01. The Balaban J connectivity index is 1.91. The molecule has 5 heteroatoms. The van der Waals surface area contributed by atoms with E-state index in [0.717, 1.165) is 17.3 Å². The van der Waals surface area contributed by atoms with Gasteiger partial charge in [0.05, 0.1) is 14.2 Å². The summed E-state index contributed by atoms with van der Waals surface area (Å²) in [5, 5.41) is 0. The summed E-state index contributed by atoms with van der Waals surface area (Å²) < 4.78 is 16.2. The minimum atomic E-state index is 0.112. The monoisotopic (exact) mass is 350 g/mol. The van der Waals surface area contributed by atoms with Crippen LogP contribution in [0.3, 0.4) is 0 Å². The maximum Gasteiger partial charge on any atom is 0.118 e. The van der Waals surface area contributed by atoms with Gasteiger partial charge in [-0.05, 0) is 55.5 Å². The van der Waals surface area contributed by atoms with Crippen molar-refractivity contribution in [1.29, 1.82) is 0 Å². The van der Waals surface area contributed by atoms with E-state index in [4.69, 9.17) is 14.2 Å². The lowest BCUT2D eigenvalue weighted by atomic mass is 10.3. The second-order valence-electron chi connectivity index (χ2n) is 4.66. The number of methoxy groups -OCH3 is 2. The predicted octanol–water partition coefficient (Wildman–Crippen LogP) is 4.95. The molecule has 0 aliphatic carbocycles. The van der Waals surface area contributed by atoms with Crippen molar-refractivity contribution in [2.45, 2.75) is 22.2 Å². The van der Waals surface area contributed by atoms with E-state index in [1.807, 2.05) is 31.2 Å². The molecule has 1 unspecified atom stereocenters. The maximum atomic E-state index is 5.86. The molecule has 0 saturated carbocycles. The van der Waals surface area contributed by atoms with Gasteiger partial charge in [-0.25, -0.2) is 0 Å². The molecule has 1 atom stereocenters. The molecule has 0 heterocycles. The van der Waals surface area contributed by atoms with Gasteiger partial charge in [0.1, 0.15) is 16.9 Å². The first kappa shape index (κ1) is 18.0. The summed E-state index contributed by atoms with van der Waals surface area (Å²) in [5.41, 5.74) is 0.112. The lowest BCUT2D eigenvalue weighted by Gasteiger charge is -2.16. The summed E-state index contributed by atoms with van der Waals surface area (Å²) in [7, 11) is 3.36. The van der Waals surface area contributed by atoms with Crippen molar-refractivity contribution >= 4 is 23.5 Å². The van der Waals surface area contributed by atoms with E-state index in [1.54, 1.807) is 37.7 Å². The number of ether oxygens (including phenoxy) is 3. The van der Waals surface area contributed by atoms with Crippen molar-refractivity contribution in [2.24, 2.45) is 0 Å². The third-order valence-corrected chi connectivity index (χ3v) is 5.52. The quantitative estimate of drug-likeness (QED) is 0.471. The van der Waals surface area contributed by atoms with Crippen LogP contribution in [0.2, 0.25) is 0 Å². The predicted molar refractivity (Wildman–Crippen MR) is 98.0 cm³/mol. The van der Waals surface area contributed by atoms with Crippen LogP contribution < -0.4 is 9.47 Å². The van der Waals surface area contributed by atoms with E-state index in [1.165, 1.54) is 9.79 Å². The molecule has 0 bridgehead atoms. The molecule has 0 N–H and O–H groups in total. The van der Waals surface area contributed by atoms with E-state index in [-0.39, 0.29) is 5.44 Å². The Labute approximate surface area is 146 Å². The van der Waals surface area contributed by atoms with Gasteiger partial charge in [-0.15, -0.1) is 11.8 Å². The second kappa shape index (κ2) is 9.75. The summed E-state index contributed by atoms with van der Waals surface area (Å²) in [5.74, 6) is 2.63. The number of hydrogen-bond donors (Lipinski definition) is 0. The minimum absolute atomic E-state index is 0.112. The highest BCUT2D eigenvalue weighted by Crippen LogP contribution is 2.31. The highest BCUT2D eigenvalue weighted by atomic mass is 32.2. The van der Waals surface area contributed by atoms with E-state index >= 15 is 0 Å². The van der Waals surface area contributed by atoms with Crippen molar-refractivity contribution in [1.82, 2.24) is 0 Å². The normalized spacial score (nSPS) is 12.0. The standard InChI is InChI=1S/C18H22O3S2/c1-4-21-18(23-17-11-7-15(20-3)8-12-17)13-22-16-9-5-14(19-2)6-10-16/h5-12,18H,4,13H2,1-3H3. The summed E-state index contributed by atoms with van der Waals surface area (Å²) in [4.78, 5) is 2.39. The van der Waals surface area contributed by atoms with Crippen LogP contribution >= 0.6 is 23.5 Å². The largest absolute Gasteiger partial charge is 0.497 e. The molecule has 23 heavy (non-hydrogen) atoms. The van der Waals surface area contributed by atoms with Crippen molar-refractivity contribution in [3.8, 4) is 11.5 Å². The summed E-state index contributed by atoms with van der Waals surface area (Å²) in [6.07, 6.45) is 0. The second-order valence-corrected chi connectivity index (χ2v) is 6.99. The molecule has 0 amide bonds. The average Bonchev–Trinajstić information content (AvgIpc) is 2.61. The van der Waals surface area contributed by atoms with Crippen molar-refractivity contribution in [2.75, 3.05) is 26.6 Å². The molecule has 2 aromatic rings. The van der Waals surface area contributed by atoms with Crippen LogP contribution in [0.5, 0.6) is 11.5 Å². The Morgan fingerprint density at radius 2 is 1.35 bits per heavy atom. The summed E-state index contributed by atoms with van der Waals surface area (Å²) in [6, 6.07) is 16.2. The van der Waals surface area contributed by atoms with Crippen LogP contribution in [0.4, 0.5) is 0 Å². The molecule has 2 rings (SSSR count). The number of hydrogen-bond acceptors (Lipinski definition) is 5. The molecule has 0 fully saturated rings. The molecular formula is C18H22O3S2. The fourth-order valence-electron chi connectivity index (χ4n) is 1.94. The average molecular weight is 351 g/mol. The van der Waals surface area contributed by atoms with Gasteiger partial charge in [0, 0.05) is 22.2 Å². The lowest BCUT2D eigenvalue weighted by Crippen LogP contribution is -2.11. The first-order valence-electron chi connectivity index (χ1n) is 7.44. The SMILES string of the molecule is CCOC(CSc1ccc(OC)cc1)Sc1ccc(OC)cc1. The van der Waals surface area contributed by atoms with Crippen molar-refractivity contribution in [3.05, 3.63) is 48.5 Å². The zero-order chi connectivity index (χ0) is 16.5. The zero-order valence-electron chi connectivity index (χ0n) is 13.7. The van der Waals surface area contributed by atoms with Crippen LogP contribution in [0.15, 0.2) is 58.3 Å². The topological polar surface area (TPSA) is 27.7 Å². The fraction of sp³-hybridized carbons (Fsp3) is 0.333. The van der Waals surface area contributed by atoms with Gasteiger partial charge in [0.2, 0.25) is 0 Å². The van der Waals surface area contributed by atoms with Crippen LogP contribution in [-0.2, 0) is 4.74 Å². The fourth-order valence-corrected chi connectivity index (χ4v) is 3.97. The van der Waals surface area contributed by atoms with E-state index < -0.39 is 0 Å². The van der Waals surface area contributed by atoms with E-state index in [2.05, 4.69) is 24.3 Å². The van der Waals surface area contributed by atoms with Gasteiger partial charge in [0.25, 0.3) is 0 Å². The molecule has 2 aromatic carbocycles. The third-order valence-electron chi connectivity index (χ3n) is 3.13. The number of thioether (sulfide) groups is 2. The molecule has 3 nitrogen and oxygen atoms in total. The molecule has 0 aliphatic rings. The van der Waals surface area contributed by atoms with E-state index in [0.29, 0.717) is 6.61 Å². The Morgan fingerprint density at radius 1 is 0.826 bits per heavy atom. The van der Waals surface area contributed by atoms with Gasteiger partial charge in [-0.3, -0.25) is 0 Å². The zero-order valence-corrected chi connectivity index (χ0v) is 15.3. The van der Waals surface area contributed by atoms with Crippen molar-refractivity contribution in [3.63, 3.8) is 0 Å². The molecule has 0 radical (unpaired) electrons. The lowest BCUT2D eigenvalue weighted by molar-refractivity contribution is 0.140. The van der Waals surface area contributed by atoms with Crippen LogP contribution in [0.1, 0.15) is 6.92 Å². The van der Waals surface area contributed by atoms with Gasteiger partial charge in [0.15, 0.2) is 0 Å². The van der Waals surface area contributed by atoms with Crippen LogP contribution in [0, 0.1) is 0 Å². The Kier molecular flexibility index (Phi) is 7.65. The number of rotatable bonds is 9. The van der Waals surface area contributed by atoms with Crippen LogP contribution in [0.25, 0.3) is 0 Å². The van der Waals surface area contributed by atoms with Gasteiger partial charge >= 0.3 is 0 Å². The molecule has 124 valence electrons. The first-order valence-corrected chi connectivity index (χ1v) is 9.31. The number of benzene rings is 2. The highest BCUT2D eigenvalue weighted by Gasteiger charge is 2.11. The van der Waals surface area contributed by atoms with Crippen LogP contribution in [-0.4, -0.2) is 32.0 Å². The Morgan fingerprint density at radius 3 is 1.83 bits per heavy atom. The van der Waals surface area contributed by atoms with Gasteiger partial charge < -0.3 is 14.2 Å². The molecule has 0 aromatic heterocycles. The smallest absolute Gasteiger partial charge is 0.118 e. The summed E-state index contributed by atoms with van der Waals surface area (Å²) >= 11 is 3.52. The van der Waals surface area contributed by atoms with Gasteiger partial charge in [-0.1, -0.05) is 11.8 Å². The van der Waals surface area contributed by atoms with E-state index in [9.17, 15) is 0 Å².